The van der Waals surface area contributed by atoms with Crippen LogP contribution in [0.15, 0.2) is 29.4 Å². The van der Waals surface area contributed by atoms with E-state index in [0.29, 0.717) is 6.61 Å². The number of nitrogens with two attached hydrogens (primary N) is 1. The summed E-state index contributed by atoms with van der Waals surface area (Å²) in [7, 11) is 0. The first-order chi connectivity index (χ1) is 8.63. The van der Waals surface area contributed by atoms with Crippen LogP contribution in [0.1, 0.15) is 31.4 Å². The monoisotopic (exact) mass is 249 g/mol. The molecule has 0 aliphatic rings. The molecule has 5 heteroatoms. The Balaban J connectivity index is 2.67. The first-order valence-corrected chi connectivity index (χ1v) is 5.91. The van der Waals surface area contributed by atoms with Crippen molar-refractivity contribution in [3.05, 3.63) is 35.4 Å². The molecule has 1 aromatic rings. The van der Waals surface area contributed by atoms with Crippen LogP contribution in [0.2, 0.25) is 0 Å². The summed E-state index contributed by atoms with van der Waals surface area (Å²) >= 11 is 0. The van der Waals surface area contributed by atoms with Crippen molar-refractivity contribution < 1.29 is 9.53 Å². The highest BCUT2D eigenvalue weighted by molar-refractivity contribution is 5.83. The fourth-order valence-electron chi connectivity index (χ4n) is 1.31. The molecule has 0 aliphatic heterocycles. The number of nitrogens with zero attached hydrogens (tertiary/aromatic N) is 1. The van der Waals surface area contributed by atoms with Crippen LogP contribution in [0.4, 0.5) is 4.79 Å². The van der Waals surface area contributed by atoms with Gasteiger partial charge in [-0.15, -0.1) is 0 Å². The minimum atomic E-state index is -0.681. The van der Waals surface area contributed by atoms with Gasteiger partial charge in [-0.05, 0) is 18.9 Å². The summed E-state index contributed by atoms with van der Waals surface area (Å²) in [5.41, 5.74) is 9.01. The smallest absolute Gasteiger partial charge is 0.332 e. The van der Waals surface area contributed by atoms with E-state index < -0.39 is 6.03 Å². The molecule has 0 heterocycles. The topological polar surface area (TPSA) is 76.7 Å². The summed E-state index contributed by atoms with van der Waals surface area (Å²) in [5.74, 6) is 0. The average molecular weight is 249 g/mol. The average Bonchev–Trinajstić information content (AvgIpc) is 2.36. The van der Waals surface area contributed by atoms with Gasteiger partial charge in [0, 0.05) is 5.56 Å². The quantitative estimate of drug-likeness (QED) is 0.597. The predicted octanol–water partition coefficient (Wildman–Crippen LogP) is 2.00. The van der Waals surface area contributed by atoms with Gasteiger partial charge >= 0.3 is 6.03 Å². The molecule has 0 fully saturated rings. The van der Waals surface area contributed by atoms with Crippen molar-refractivity contribution in [2.24, 2.45) is 10.8 Å². The molecular weight excluding hydrogens is 230 g/mol. The number of hydrogen-bond acceptors (Lipinski definition) is 3. The molecule has 1 aromatic carbocycles. The number of ether oxygens (including phenoxy) is 1. The molecule has 1 unspecified atom stereocenters. The number of benzene rings is 1. The number of rotatable bonds is 6. The first-order valence-electron chi connectivity index (χ1n) is 5.91. The highest BCUT2D eigenvalue weighted by Gasteiger charge is 2.03. The van der Waals surface area contributed by atoms with Crippen molar-refractivity contribution in [2.45, 2.75) is 33.0 Å². The molecule has 0 saturated carbocycles. The third-order valence-corrected chi connectivity index (χ3v) is 2.53. The van der Waals surface area contributed by atoms with E-state index in [1.807, 2.05) is 31.2 Å². The molecular formula is C13H19N3O2. The zero-order valence-electron chi connectivity index (χ0n) is 10.7. The Labute approximate surface area is 107 Å². The third-order valence-electron chi connectivity index (χ3n) is 2.53. The number of urea groups is 1. The van der Waals surface area contributed by atoms with Gasteiger partial charge < -0.3 is 10.5 Å². The lowest BCUT2D eigenvalue weighted by molar-refractivity contribution is 0.0508. The summed E-state index contributed by atoms with van der Waals surface area (Å²) in [6, 6.07) is 7.03. The van der Waals surface area contributed by atoms with Crippen LogP contribution in [0.25, 0.3) is 0 Å². The van der Waals surface area contributed by atoms with E-state index in [0.717, 1.165) is 17.5 Å². The fraction of sp³-hybridized carbons (Fsp3) is 0.385. The minimum absolute atomic E-state index is 0.221. The predicted molar refractivity (Wildman–Crippen MR) is 71.3 cm³/mol. The van der Waals surface area contributed by atoms with Crippen molar-refractivity contribution in [3.8, 4) is 0 Å². The molecule has 0 saturated heterocycles. The van der Waals surface area contributed by atoms with E-state index in [2.05, 4.69) is 17.5 Å². The zero-order valence-corrected chi connectivity index (χ0v) is 10.7. The molecule has 0 radical (unpaired) electrons. The van der Waals surface area contributed by atoms with Crippen LogP contribution >= 0.6 is 0 Å². The Bertz CT molecular complexity index is 418. The van der Waals surface area contributed by atoms with Gasteiger partial charge in [0.2, 0.25) is 0 Å². The Morgan fingerprint density at radius 2 is 2.28 bits per heavy atom. The summed E-state index contributed by atoms with van der Waals surface area (Å²) in [5, 5.41) is 3.74. The van der Waals surface area contributed by atoms with E-state index in [1.54, 1.807) is 6.21 Å². The van der Waals surface area contributed by atoms with Crippen LogP contribution in [0, 0.1) is 0 Å². The van der Waals surface area contributed by atoms with Gasteiger partial charge in [-0.25, -0.2) is 10.2 Å². The van der Waals surface area contributed by atoms with Crippen molar-refractivity contribution in [3.63, 3.8) is 0 Å². The number of carbonyl (C=O) groups excluding carboxylic acids is 1. The van der Waals surface area contributed by atoms with E-state index in [1.165, 1.54) is 0 Å². The number of carbonyl (C=O) groups is 1. The molecule has 18 heavy (non-hydrogen) atoms. The van der Waals surface area contributed by atoms with Gasteiger partial charge in [0.05, 0.1) is 18.9 Å². The number of primary amides is 1. The fourth-order valence-corrected chi connectivity index (χ4v) is 1.31. The Morgan fingerprint density at radius 1 is 1.56 bits per heavy atom. The number of hydrazone groups is 1. The second kappa shape index (κ2) is 7.45. The van der Waals surface area contributed by atoms with Crippen LogP contribution in [-0.4, -0.2) is 18.3 Å². The lowest BCUT2D eigenvalue weighted by Gasteiger charge is -2.11. The second-order valence-electron chi connectivity index (χ2n) is 3.96. The van der Waals surface area contributed by atoms with Crippen LogP contribution in [-0.2, 0) is 11.3 Å². The van der Waals surface area contributed by atoms with Crippen molar-refractivity contribution in [1.82, 2.24) is 5.43 Å². The van der Waals surface area contributed by atoms with Crippen LogP contribution in [0.3, 0.4) is 0 Å². The molecule has 0 aromatic heterocycles. The lowest BCUT2D eigenvalue weighted by Crippen LogP contribution is -2.24. The Hall–Kier alpha value is -1.88. The Kier molecular flexibility index (Phi) is 5.87. The maximum Gasteiger partial charge on any atom is 0.332 e. The molecule has 98 valence electrons. The summed E-state index contributed by atoms with van der Waals surface area (Å²) < 4.78 is 5.67. The molecule has 0 bridgehead atoms. The van der Waals surface area contributed by atoms with Gasteiger partial charge in [0.25, 0.3) is 0 Å². The zero-order chi connectivity index (χ0) is 13.4. The molecule has 0 spiro atoms. The van der Waals surface area contributed by atoms with Gasteiger partial charge in [0.15, 0.2) is 0 Å². The van der Waals surface area contributed by atoms with Gasteiger partial charge in [-0.3, -0.25) is 0 Å². The number of nitrogens with one attached hydrogen (secondary N) is 1. The summed E-state index contributed by atoms with van der Waals surface area (Å²) in [4.78, 5) is 10.5. The van der Waals surface area contributed by atoms with Crippen molar-refractivity contribution >= 4 is 12.2 Å². The van der Waals surface area contributed by atoms with E-state index in [4.69, 9.17) is 10.5 Å². The highest BCUT2D eigenvalue weighted by atomic mass is 16.5. The third kappa shape index (κ3) is 4.97. The maximum absolute atomic E-state index is 10.5. The largest absolute Gasteiger partial charge is 0.374 e. The SMILES string of the molecule is CCC(C)OCc1ccccc1C=NNC(N)=O. The summed E-state index contributed by atoms with van der Waals surface area (Å²) in [6.45, 7) is 4.63. The molecule has 1 atom stereocenters. The maximum atomic E-state index is 10.5. The molecule has 1 rings (SSSR count). The van der Waals surface area contributed by atoms with Crippen LogP contribution < -0.4 is 11.2 Å². The molecule has 0 aliphatic carbocycles. The van der Waals surface area contributed by atoms with Gasteiger partial charge in [-0.1, -0.05) is 31.2 Å². The van der Waals surface area contributed by atoms with Gasteiger partial charge in [0.1, 0.15) is 0 Å². The van der Waals surface area contributed by atoms with E-state index >= 15 is 0 Å². The molecule has 2 amide bonds. The molecule has 3 N–H and O–H groups in total. The standard InChI is InChI=1S/C13H19N3O2/c1-3-10(2)18-9-12-7-5-4-6-11(12)8-15-16-13(14)17/h4-8,10H,3,9H2,1-2H3,(H3,14,16,17). The van der Waals surface area contributed by atoms with Gasteiger partial charge in [-0.2, -0.15) is 5.10 Å². The molecule has 5 nitrogen and oxygen atoms in total. The Morgan fingerprint density at radius 3 is 2.94 bits per heavy atom. The van der Waals surface area contributed by atoms with E-state index in [-0.39, 0.29) is 6.10 Å². The van der Waals surface area contributed by atoms with E-state index in [9.17, 15) is 4.79 Å². The van der Waals surface area contributed by atoms with Crippen molar-refractivity contribution in [2.75, 3.05) is 0 Å². The number of amides is 2. The summed E-state index contributed by atoms with van der Waals surface area (Å²) in [6.07, 6.45) is 2.75. The lowest BCUT2D eigenvalue weighted by atomic mass is 10.1. The van der Waals surface area contributed by atoms with Crippen molar-refractivity contribution in [1.29, 1.82) is 0 Å². The second-order valence-corrected chi connectivity index (χ2v) is 3.96. The normalized spacial score (nSPS) is 12.6. The first kappa shape index (κ1) is 14.2. The minimum Gasteiger partial charge on any atom is -0.374 e. The number of hydrogen-bond donors (Lipinski definition) is 2. The highest BCUT2D eigenvalue weighted by Crippen LogP contribution is 2.10. The van der Waals surface area contributed by atoms with Crippen LogP contribution in [0.5, 0.6) is 0 Å².